The van der Waals surface area contributed by atoms with Gasteiger partial charge in [0.25, 0.3) is 0 Å². The fraction of sp³-hybridized carbons (Fsp3) is 0.407. The molecule has 4 rings (SSSR count). The van der Waals surface area contributed by atoms with Crippen LogP contribution in [0.15, 0.2) is 71.0 Å². The normalized spacial score (nSPS) is 19.4. The third kappa shape index (κ3) is 5.88. The van der Waals surface area contributed by atoms with Gasteiger partial charge in [-0.3, -0.25) is 19.7 Å². The Balaban J connectivity index is 1.32. The van der Waals surface area contributed by atoms with Crippen molar-refractivity contribution in [2.75, 3.05) is 26.2 Å². The number of Topliss-reactive ketones (excluding diaryl/α,β-unsaturated/α-hetero) is 1. The molecule has 1 N–H and O–H groups in total. The average Bonchev–Trinajstić information content (AvgIpc) is 2.87. The molecular formula is C27H32BN5O2. The predicted molar refractivity (Wildman–Crippen MR) is 138 cm³/mol. The topological polar surface area (TPSA) is 77.9 Å². The second kappa shape index (κ2) is 11.4. The fourth-order valence-corrected chi connectivity index (χ4v) is 5.02. The number of rotatable bonds is 7. The lowest BCUT2D eigenvalue weighted by Gasteiger charge is -2.37. The van der Waals surface area contributed by atoms with Crippen LogP contribution in [0.2, 0.25) is 0 Å². The number of nitrogens with one attached hydrogen (secondary N) is 1. The van der Waals surface area contributed by atoms with E-state index in [-0.39, 0.29) is 17.5 Å². The Kier molecular flexibility index (Phi) is 8.13. The van der Waals surface area contributed by atoms with Crippen LogP contribution >= 0.6 is 0 Å². The molecule has 2 amide bonds. The Morgan fingerprint density at radius 1 is 1.09 bits per heavy atom. The maximum absolute atomic E-state index is 13.2. The molecule has 1 saturated heterocycles. The summed E-state index contributed by atoms with van der Waals surface area (Å²) >= 11 is 0. The van der Waals surface area contributed by atoms with E-state index in [1.165, 1.54) is 17.5 Å². The molecule has 180 valence electrons. The first-order valence-electron chi connectivity index (χ1n) is 12.3. The molecule has 2 aliphatic heterocycles. The van der Waals surface area contributed by atoms with Crippen LogP contribution < -0.4 is 5.32 Å². The maximum atomic E-state index is 13.2. The van der Waals surface area contributed by atoms with E-state index >= 15 is 0 Å². The number of aliphatic imine (C=N–C) groups is 1. The van der Waals surface area contributed by atoms with Gasteiger partial charge in [-0.25, -0.2) is 4.79 Å². The summed E-state index contributed by atoms with van der Waals surface area (Å²) in [6.45, 7) is 6.75. The van der Waals surface area contributed by atoms with E-state index in [4.69, 9.17) is 7.85 Å². The number of allylic oxidation sites excluding steroid dienone is 1. The smallest absolute Gasteiger partial charge is 0.322 e. The van der Waals surface area contributed by atoms with Gasteiger partial charge < -0.3 is 10.2 Å². The van der Waals surface area contributed by atoms with E-state index < -0.39 is 6.04 Å². The summed E-state index contributed by atoms with van der Waals surface area (Å²) in [5, 5.41) is 2.99. The summed E-state index contributed by atoms with van der Waals surface area (Å²) < 4.78 is 0. The van der Waals surface area contributed by atoms with Gasteiger partial charge in [-0.2, -0.15) is 0 Å². The molecule has 0 aliphatic carbocycles. The molecule has 0 saturated carbocycles. The summed E-state index contributed by atoms with van der Waals surface area (Å²) in [4.78, 5) is 38.3. The van der Waals surface area contributed by atoms with E-state index in [0.717, 1.165) is 44.5 Å². The lowest BCUT2D eigenvalue weighted by atomic mass is 9.89. The molecule has 7 nitrogen and oxygen atoms in total. The minimum absolute atomic E-state index is 0.0930. The Morgan fingerprint density at radius 2 is 1.80 bits per heavy atom. The van der Waals surface area contributed by atoms with Crippen LogP contribution in [0.5, 0.6) is 0 Å². The number of benzene rings is 1. The summed E-state index contributed by atoms with van der Waals surface area (Å²) in [6.07, 6.45) is 4.89. The molecule has 1 fully saturated rings. The molecule has 8 heteroatoms. The van der Waals surface area contributed by atoms with Crippen molar-refractivity contribution in [2.45, 2.75) is 45.1 Å². The zero-order valence-corrected chi connectivity index (χ0v) is 20.5. The van der Waals surface area contributed by atoms with Gasteiger partial charge in [0.05, 0.1) is 11.8 Å². The van der Waals surface area contributed by atoms with Gasteiger partial charge in [0.2, 0.25) is 0 Å². The Hall–Kier alpha value is -3.26. The van der Waals surface area contributed by atoms with Gasteiger partial charge in [-0.05, 0) is 70.4 Å². The molecule has 0 bridgehead atoms. The highest BCUT2D eigenvalue weighted by molar-refractivity contribution is 6.60. The quantitative estimate of drug-likeness (QED) is 0.494. The van der Waals surface area contributed by atoms with Crippen molar-refractivity contribution < 1.29 is 9.59 Å². The molecule has 3 heterocycles. The van der Waals surface area contributed by atoms with E-state index in [1.54, 1.807) is 6.92 Å². The number of nitrogens with zero attached hydrogens (tertiary/aromatic N) is 4. The number of piperidine rings is 1. The molecule has 2 radical (unpaired) electrons. The van der Waals surface area contributed by atoms with Crippen molar-refractivity contribution in [1.82, 2.24) is 20.1 Å². The largest absolute Gasteiger partial charge is 0.338 e. The number of urea groups is 1. The number of aromatic nitrogens is 1. The first kappa shape index (κ1) is 24.9. The molecule has 2 aliphatic rings. The first-order chi connectivity index (χ1) is 17.0. The Morgan fingerprint density at radius 3 is 2.46 bits per heavy atom. The van der Waals surface area contributed by atoms with Gasteiger partial charge in [-0.15, -0.1) is 0 Å². The number of carbonyl (C=O) groups is 2. The number of carbonyl (C=O) groups excluding carboxylic acids is 2. The number of amidine groups is 1. The van der Waals surface area contributed by atoms with Gasteiger partial charge in [0.15, 0.2) is 13.6 Å². The molecule has 2 aromatic rings. The predicted octanol–water partition coefficient (Wildman–Crippen LogP) is 3.81. The summed E-state index contributed by atoms with van der Waals surface area (Å²) in [6, 6.07) is 14.6. The molecular weight excluding hydrogens is 437 g/mol. The first-order valence-corrected chi connectivity index (χ1v) is 12.3. The van der Waals surface area contributed by atoms with E-state index in [1.807, 2.05) is 42.6 Å². The maximum Gasteiger partial charge on any atom is 0.322 e. The fourth-order valence-electron chi connectivity index (χ4n) is 5.02. The van der Waals surface area contributed by atoms with Crippen LogP contribution in [0.1, 0.15) is 56.3 Å². The van der Waals surface area contributed by atoms with Crippen LogP contribution in [0, 0.1) is 0 Å². The molecule has 1 unspecified atom stereocenters. The van der Waals surface area contributed by atoms with Crippen LogP contribution in [0.25, 0.3) is 0 Å². The van der Waals surface area contributed by atoms with Crippen LogP contribution in [-0.4, -0.2) is 66.4 Å². The van der Waals surface area contributed by atoms with Crippen LogP contribution in [0.3, 0.4) is 0 Å². The lowest BCUT2D eigenvalue weighted by Crippen LogP contribution is -2.49. The SMILES string of the molecule is [B]C1=NC(C)=C(C(C)=O)C(c2ccccc2)N1C(=O)NCCCN1CCC(c2ccccn2)CC1. The number of hydrogen-bond donors (Lipinski definition) is 1. The van der Waals surface area contributed by atoms with Gasteiger partial charge >= 0.3 is 6.03 Å². The van der Waals surface area contributed by atoms with Crippen LogP contribution in [-0.2, 0) is 4.79 Å². The number of hydrogen-bond acceptors (Lipinski definition) is 5. The highest BCUT2D eigenvalue weighted by Crippen LogP contribution is 2.35. The molecule has 1 atom stereocenters. The van der Waals surface area contributed by atoms with Crippen molar-refractivity contribution >= 4 is 25.4 Å². The third-order valence-corrected chi connectivity index (χ3v) is 6.78. The average molecular weight is 469 g/mol. The zero-order chi connectivity index (χ0) is 24.8. The highest BCUT2D eigenvalue weighted by atomic mass is 16.2. The molecule has 1 aromatic heterocycles. The minimum atomic E-state index is -0.600. The lowest BCUT2D eigenvalue weighted by molar-refractivity contribution is -0.114. The second-order valence-electron chi connectivity index (χ2n) is 9.16. The van der Waals surface area contributed by atoms with E-state index in [2.05, 4.69) is 32.3 Å². The van der Waals surface area contributed by atoms with E-state index in [9.17, 15) is 9.59 Å². The van der Waals surface area contributed by atoms with Crippen molar-refractivity contribution in [3.8, 4) is 0 Å². The number of likely N-dealkylation sites (tertiary alicyclic amines) is 1. The summed E-state index contributed by atoms with van der Waals surface area (Å²) in [5.74, 6) is 0.398. The highest BCUT2D eigenvalue weighted by Gasteiger charge is 2.36. The van der Waals surface area contributed by atoms with Gasteiger partial charge in [0.1, 0.15) is 0 Å². The zero-order valence-electron chi connectivity index (χ0n) is 20.5. The summed E-state index contributed by atoms with van der Waals surface area (Å²) in [7, 11) is 6.20. The van der Waals surface area contributed by atoms with Gasteiger partial charge in [-0.1, -0.05) is 36.4 Å². The van der Waals surface area contributed by atoms with Crippen molar-refractivity contribution in [3.05, 3.63) is 77.3 Å². The number of pyridine rings is 1. The standard InChI is InChI=1S/C27H32BN5O2/c1-19-24(20(2)34)25(22-9-4-3-5-10-22)33(26(28)31-19)27(35)30-15-8-16-32-17-12-21(13-18-32)23-11-6-7-14-29-23/h3-7,9-11,14,21,25H,8,12-13,15-18H2,1-2H3,(H,30,35). The molecule has 35 heavy (non-hydrogen) atoms. The van der Waals surface area contributed by atoms with Crippen LogP contribution in [0.4, 0.5) is 4.79 Å². The number of amides is 2. The second-order valence-corrected chi connectivity index (χ2v) is 9.16. The van der Waals surface area contributed by atoms with Crippen molar-refractivity contribution in [3.63, 3.8) is 0 Å². The monoisotopic (exact) mass is 469 g/mol. The Bertz CT molecular complexity index is 1100. The molecule has 0 spiro atoms. The number of ketones is 1. The van der Waals surface area contributed by atoms with Crippen molar-refractivity contribution in [2.24, 2.45) is 4.99 Å². The van der Waals surface area contributed by atoms with Crippen molar-refractivity contribution in [1.29, 1.82) is 0 Å². The molecule has 1 aromatic carbocycles. The third-order valence-electron chi connectivity index (χ3n) is 6.78. The summed E-state index contributed by atoms with van der Waals surface area (Å²) in [5.41, 5.74) is 3.12. The Labute approximate surface area is 208 Å². The van der Waals surface area contributed by atoms with Gasteiger partial charge in [0, 0.05) is 35.6 Å². The van der Waals surface area contributed by atoms with E-state index in [0.29, 0.717) is 23.7 Å². The minimum Gasteiger partial charge on any atom is -0.338 e.